The summed E-state index contributed by atoms with van der Waals surface area (Å²) < 4.78 is 2.37. The van der Waals surface area contributed by atoms with Crippen LogP contribution in [0.5, 0.6) is 0 Å². The summed E-state index contributed by atoms with van der Waals surface area (Å²) in [6.45, 7) is 2.35. The fourth-order valence-electron chi connectivity index (χ4n) is 7.28. The number of benzene rings is 3. The Labute approximate surface area is 196 Å². The number of hydrogen-bond donors (Lipinski definition) is 0. The standard InChI is InChI=1S/C31H33N2/c1-19-24-13-7-11-21-12-8-14-25(28(21)24)30-27(19)31-29-22(15-16-32(31)2)17-23(18-26(29)33(30)3)20-9-5-4-6-10-20/h7,11,13,15-18,20H,4-6,8-10,12,14H2,1-3H3/q+1. The largest absolute Gasteiger partial charge is 0.343 e. The highest BCUT2D eigenvalue weighted by molar-refractivity contribution is 6.14. The molecular weight excluding hydrogens is 400 g/mol. The molecule has 0 bridgehead atoms. The summed E-state index contributed by atoms with van der Waals surface area (Å²) in [4.78, 5) is 2.56. The molecule has 166 valence electrons. The van der Waals surface area contributed by atoms with E-state index in [9.17, 15) is 0 Å². The summed E-state index contributed by atoms with van der Waals surface area (Å²) in [5, 5.41) is 5.82. The minimum atomic E-state index is 0.717. The van der Waals surface area contributed by atoms with Crippen LogP contribution < -0.4 is 9.47 Å². The van der Waals surface area contributed by atoms with Crippen LogP contribution in [0.1, 0.15) is 66.7 Å². The summed E-state index contributed by atoms with van der Waals surface area (Å²) in [5.74, 6) is 0.717. The van der Waals surface area contributed by atoms with Crippen LogP contribution in [0, 0.1) is 6.92 Å². The third-order valence-electron chi connectivity index (χ3n) is 8.87. The molecular formula is C31H33N2+. The normalized spacial score (nSPS) is 17.6. The van der Waals surface area contributed by atoms with E-state index in [1.165, 1.54) is 107 Å². The molecule has 2 heterocycles. The summed E-state index contributed by atoms with van der Waals surface area (Å²) >= 11 is 0. The fourth-order valence-corrected chi connectivity index (χ4v) is 7.28. The van der Waals surface area contributed by atoms with Crippen LogP contribution in [0.25, 0.3) is 32.8 Å². The molecule has 2 heteroatoms. The average Bonchev–Trinajstić information content (AvgIpc) is 2.86. The Bertz CT molecular complexity index is 1460. The van der Waals surface area contributed by atoms with E-state index in [0.717, 1.165) is 5.92 Å². The molecule has 1 fully saturated rings. The molecule has 0 atom stereocenters. The molecule has 1 aromatic heterocycles. The third kappa shape index (κ3) is 2.64. The number of pyridine rings is 1. The Hall–Kier alpha value is -2.87. The topological polar surface area (TPSA) is 7.12 Å². The summed E-state index contributed by atoms with van der Waals surface area (Å²) in [5.41, 5.74) is 11.8. The predicted octanol–water partition coefficient (Wildman–Crippen LogP) is 7.41. The number of aromatic nitrogens is 1. The molecule has 0 spiro atoms. The number of rotatable bonds is 1. The van der Waals surface area contributed by atoms with E-state index in [1.54, 1.807) is 11.1 Å². The van der Waals surface area contributed by atoms with Crippen molar-refractivity contribution in [3.8, 4) is 11.3 Å². The Balaban J connectivity index is 1.60. The van der Waals surface area contributed by atoms with Gasteiger partial charge in [-0.3, -0.25) is 0 Å². The molecule has 1 aliphatic heterocycles. The predicted molar refractivity (Wildman–Crippen MR) is 139 cm³/mol. The molecule has 2 nitrogen and oxygen atoms in total. The Morgan fingerprint density at radius 1 is 0.939 bits per heavy atom. The van der Waals surface area contributed by atoms with Crippen LogP contribution in [0.4, 0.5) is 11.4 Å². The van der Waals surface area contributed by atoms with Gasteiger partial charge in [0.05, 0.1) is 22.3 Å². The zero-order chi connectivity index (χ0) is 22.3. The van der Waals surface area contributed by atoms with Gasteiger partial charge in [0.1, 0.15) is 7.05 Å². The van der Waals surface area contributed by atoms with Crippen molar-refractivity contribution in [2.45, 2.75) is 64.2 Å². The van der Waals surface area contributed by atoms with Crippen molar-refractivity contribution in [2.75, 3.05) is 11.9 Å². The van der Waals surface area contributed by atoms with E-state index in [0.29, 0.717) is 0 Å². The molecule has 3 aromatic carbocycles. The fraction of sp³-hybridized carbons (Fsp3) is 0.387. The maximum Gasteiger partial charge on any atom is 0.224 e. The third-order valence-corrected chi connectivity index (χ3v) is 8.87. The molecule has 0 unspecified atom stereocenters. The van der Waals surface area contributed by atoms with Crippen molar-refractivity contribution >= 4 is 32.9 Å². The maximum atomic E-state index is 2.56. The highest BCUT2D eigenvalue weighted by Gasteiger charge is 2.35. The summed E-state index contributed by atoms with van der Waals surface area (Å²) in [7, 11) is 4.56. The van der Waals surface area contributed by atoms with Crippen LogP contribution in [0.2, 0.25) is 0 Å². The van der Waals surface area contributed by atoms with E-state index in [4.69, 9.17) is 0 Å². The van der Waals surface area contributed by atoms with Gasteiger partial charge in [0.25, 0.3) is 0 Å². The first-order valence-electron chi connectivity index (χ1n) is 12.9. The molecule has 7 rings (SSSR count). The number of aryl methyl sites for hydroxylation is 4. The molecule has 1 saturated carbocycles. The Morgan fingerprint density at radius 3 is 2.64 bits per heavy atom. The van der Waals surface area contributed by atoms with Gasteiger partial charge < -0.3 is 4.90 Å². The maximum absolute atomic E-state index is 2.56. The van der Waals surface area contributed by atoms with Crippen LogP contribution in [0.15, 0.2) is 42.6 Å². The summed E-state index contributed by atoms with van der Waals surface area (Å²) in [6.07, 6.45) is 12.8. The zero-order valence-corrected chi connectivity index (χ0v) is 20.2. The van der Waals surface area contributed by atoms with Crippen molar-refractivity contribution in [1.29, 1.82) is 0 Å². The second kappa shape index (κ2) is 7.06. The zero-order valence-electron chi connectivity index (χ0n) is 20.2. The van der Waals surface area contributed by atoms with Gasteiger partial charge in [-0.25, -0.2) is 4.57 Å². The monoisotopic (exact) mass is 433 g/mol. The van der Waals surface area contributed by atoms with Gasteiger partial charge in [-0.05, 0) is 89.4 Å². The molecule has 0 saturated heterocycles. The van der Waals surface area contributed by atoms with E-state index in [-0.39, 0.29) is 0 Å². The Morgan fingerprint density at radius 2 is 1.79 bits per heavy atom. The van der Waals surface area contributed by atoms with E-state index in [2.05, 4.69) is 73.1 Å². The lowest BCUT2D eigenvalue weighted by molar-refractivity contribution is -0.659. The van der Waals surface area contributed by atoms with Crippen LogP contribution in [0.3, 0.4) is 0 Å². The first-order valence-corrected chi connectivity index (χ1v) is 12.9. The molecule has 4 aromatic rings. The van der Waals surface area contributed by atoms with Crippen molar-refractivity contribution in [3.05, 3.63) is 64.8 Å². The average molecular weight is 434 g/mol. The second-order valence-corrected chi connectivity index (χ2v) is 10.7. The highest BCUT2D eigenvalue weighted by atomic mass is 15.1. The quantitative estimate of drug-likeness (QED) is 0.283. The number of nitrogens with zero attached hydrogens (tertiary/aromatic N) is 2. The number of fused-ring (bicyclic) bond motifs is 3. The van der Waals surface area contributed by atoms with Gasteiger partial charge in [-0.2, -0.15) is 0 Å². The minimum Gasteiger partial charge on any atom is -0.343 e. The molecule has 0 radical (unpaired) electrons. The van der Waals surface area contributed by atoms with Crippen LogP contribution >= 0.6 is 0 Å². The van der Waals surface area contributed by atoms with Gasteiger partial charge >= 0.3 is 0 Å². The van der Waals surface area contributed by atoms with Crippen molar-refractivity contribution in [2.24, 2.45) is 7.05 Å². The van der Waals surface area contributed by atoms with Crippen LogP contribution in [-0.2, 0) is 19.9 Å². The van der Waals surface area contributed by atoms with Crippen molar-refractivity contribution < 1.29 is 4.57 Å². The SMILES string of the molecule is Cc1c2c(c3c4c(cccc14)CCC3)N(C)c1cc(C3CCCCC3)cc3cc[n+](C)c-2c13. The summed E-state index contributed by atoms with van der Waals surface area (Å²) in [6, 6.07) is 14.4. The van der Waals surface area contributed by atoms with Gasteiger partial charge in [0.15, 0.2) is 6.20 Å². The van der Waals surface area contributed by atoms with Gasteiger partial charge in [0, 0.05) is 13.1 Å². The smallest absolute Gasteiger partial charge is 0.224 e. The van der Waals surface area contributed by atoms with Gasteiger partial charge in [-0.1, -0.05) is 43.5 Å². The highest BCUT2D eigenvalue weighted by Crippen LogP contribution is 2.53. The van der Waals surface area contributed by atoms with E-state index < -0.39 is 0 Å². The van der Waals surface area contributed by atoms with E-state index in [1.807, 2.05) is 0 Å². The van der Waals surface area contributed by atoms with Crippen LogP contribution in [-0.4, -0.2) is 7.05 Å². The molecule has 2 aliphatic carbocycles. The number of anilines is 2. The Kier molecular flexibility index (Phi) is 4.19. The molecule has 0 amide bonds. The number of hydrogen-bond acceptors (Lipinski definition) is 1. The lowest BCUT2D eigenvalue weighted by atomic mass is 9.79. The molecule has 3 aliphatic rings. The first kappa shape index (κ1) is 19.6. The first-order chi connectivity index (χ1) is 16.1. The van der Waals surface area contributed by atoms with Crippen molar-refractivity contribution in [1.82, 2.24) is 0 Å². The van der Waals surface area contributed by atoms with Crippen molar-refractivity contribution in [3.63, 3.8) is 0 Å². The second-order valence-electron chi connectivity index (χ2n) is 10.7. The van der Waals surface area contributed by atoms with E-state index >= 15 is 0 Å². The minimum absolute atomic E-state index is 0.717. The lowest BCUT2D eigenvalue weighted by Crippen LogP contribution is -2.34. The van der Waals surface area contributed by atoms with Gasteiger partial charge in [-0.15, -0.1) is 0 Å². The molecule has 33 heavy (non-hydrogen) atoms. The molecule has 0 N–H and O–H groups in total. The lowest BCUT2D eigenvalue weighted by Gasteiger charge is -2.35. The van der Waals surface area contributed by atoms with Gasteiger partial charge in [0.2, 0.25) is 5.69 Å².